The van der Waals surface area contributed by atoms with Gasteiger partial charge in [0, 0.05) is 19.0 Å². The van der Waals surface area contributed by atoms with Crippen molar-refractivity contribution in [3.05, 3.63) is 29.8 Å². The molecule has 0 radical (unpaired) electrons. The molecule has 0 atom stereocenters. The average Bonchev–Trinajstić information content (AvgIpc) is 2.44. The minimum atomic E-state index is -0.888. The summed E-state index contributed by atoms with van der Waals surface area (Å²) in [6.07, 6.45) is 0.959. The van der Waals surface area contributed by atoms with Gasteiger partial charge in [-0.05, 0) is 38.0 Å². The normalized spacial score (nSPS) is 10.5. The van der Waals surface area contributed by atoms with E-state index in [4.69, 9.17) is 9.84 Å². The molecule has 1 aromatic carbocycles. The highest BCUT2D eigenvalue weighted by atomic mass is 16.5. The number of rotatable bonds is 8. The zero-order valence-electron chi connectivity index (χ0n) is 12.8. The van der Waals surface area contributed by atoms with Crippen LogP contribution < -0.4 is 4.74 Å². The van der Waals surface area contributed by atoms with Gasteiger partial charge >= 0.3 is 5.97 Å². The Kier molecular flexibility index (Phi) is 6.72. The molecule has 0 unspecified atom stereocenters. The van der Waals surface area contributed by atoms with Crippen LogP contribution in [0, 0.1) is 0 Å². The lowest BCUT2D eigenvalue weighted by atomic mass is 10.1. The maximum absolute atomic E-state index is 12.2. The summed E-state index contributed by atoms with van der Waals surface area (Å²) in [7, 11) is 1.61. The number of benzene rings is 1. The largest absolute Gasteiger partial charge is 0.497 e. The van der Waals surface area contributed by atoms with Crippen molar-refractivity contribution in [2.24, 2.45) is 0 Å². The fourth-order valence-corrected chi connectivity index (χ4v) is 2.11. The molecule has 1 aromatic rings. The molecular formula is C16H23NO4. The van der Waals surface area contributed by atoms with Crippen LogP contribution in [0.5, 0.6) is 5.75 Å². The van der Waals surface area contributed by atoms with Crippen molar-refractivity contribution in [1.82, 2.24) is 4.90 Å². The SMILES string of the molecule is COc1cccc(CCC(=O)N(CCC(=O)O)C(C)C)c1. The first-order valence-electron chi connectivity index (χ1n) is 7.08. The highest BCUT2D eigenvalue weighted by Gasteiger charge is 2.17. The van der Waals surface area contributed by atoms with Gasteiger partial charge in [-0.25, -0.2) is 0 Å². The van der Waals surface area contributed by atoms with Gasteiger partial charge in [-0.1, -0.05) is 12.1 Å². The average molecular weight is 293 g/mol. The first-order chi connectivity index (χ1) is 9.93. The number of amides is 1. The Bertz CT molecular complexity index is 485. The lowest BCUT2D eigenvalue weighted by Gasteiger charge is -2.26. The number of carbonyl (C=O) groups excluding carboxylic acids is 1. The fourth-order valence-electron chi connectivity index (χ4n) is 2.11. The summed E-state index contributed by atoms with van der Waals surface area (Å²) >= 11 is 0. The maximum Gasteiger partial charge on any atom is 0.305 e. The van der Waals surface area contributed by atoms with Crippen LogP contribution in [-0.4, -0.2) is 41.6 Å². The molecule has 0 aromatic heterocycles. The number of nitrogens with zero attached hydrogens (tertiary/aromatic N) is 1. The Balaban J connectivity index is 2.58. The lowest BCUT2D eigenvalue weighted by Crippen LogP contribution is -2.38. The highest BCUT2D eigenvalue weighted by Crippen LogP contribution is 2.15. The molecule has 0 saturated heterocycles. The molecule has 0 heterocycles. The summed E-state index contributed by atoms with van der Waals surface area (Å²) in [6, 6.07) is 7.61. The Labute approximate surface area is 125 Å². The van der Waals surface area contributed by atoms with Gasteiger partial charge in [-0.15, -0.1) is 0 Å². The van der Waals surface area contributed by atoms with Crippen molar-refractivity contribution in [3.8, 4) is 5.75 Å². The minimum absolute atomic E-state index is 0.00200. The zero-order chi connectivity index (χ0) is 15.8. The molecule has 1 N–H and O–H groups in total. The van der Waals surface area contributed by atoms with E-state index in [1.807, 2.05) is 38.1 Å². The molecule has 5 heteroatoms. The summed E-state index contributed by atoms with van der Waals surface area (Å²) in [4.78, 5) is 24.5. The van der Waals surface area contributed by atoms with Gasteiger partial charge in [0.15, 0.2) is 0 Å². The molecule has 0 fully saturated rings. The third-order valence-electron chi connectivity index (χ3n) is 3.27. The molecule has 1 rings (SSSR count). The van der Waals surface area contributed by atoms with E-state index < -0.39 is 5.97 Å². The van der Waals surface area contributed by atoms with Crippen LogP contribution in [-0.2, 0) is 16.0 Å². The number of aliphatic carboxylic acids is 1. The predicted octanol–water partition coefficient (Wildman–Crippen LogP) is 2.34. The van der Waals surface area contributed by atoms with Crippen LogP contribution in [0.3, 0.4) is 0 Å². The number of carbonyl (C=O) groups is 2. The first kappa shape index (κ1) is 17.0. The molecule has 116 valence electrons. The van der Waals surface area contributed by atoms with Crippen LogP contribution in [0.25, 0.3) is 0 Å². The second-order valence-corrected chi connectivity index (χ2v) is 5.18. The minimum Gasteiger partial charge on any atom is -0.497 e. The molecule has 0 aliphatic carbocycles. The third kappa shape index (κ3) is 5.85. The molecule has 5 nitrogen and oxygen atoms in total. The molecule has 0 aliphatic rings. The maximum atomic E-state index is 12.2. The predicted molar refractivity (Wildman–Crippen MR) is 80.4 cm³/mol. The van der Waals surface area contributed by atoms with E-state index in [0.717, 1.165) is 11.3 Å². The number of methoxy groups -OCH3 is 1. The summed E-state index contributed by atoms with van der Waals surface area (Å²) < 4.78 is 5.15. The van der Waals surface area contributed by atoms with Gasteiger partial charge < -0.3 is 14.7 Å². The van der Waals surface area contributed by atoms with Crippen molar-refractivity contribution in [2.45, 2.75) is 39.2 Å². The Hall–Kier alpha value is -2.04. The number of hydrogen-bond donors (Lipinski definition) is 1. The van der Waals surface area contributed by atoms with E-state index in [9.17, 15) is 9.59 Å². The van der Waals surface area contributed by atoms with Crippen LogP contribution in [0.2, 0.25) is 0 Å². The van der Waals surface area contributed by atoms with Gasteiger partial charge in [0.25, 0.3) is 0 Å². The van der Waals surface area contributed by atoms with E-state index in [-0.39, 0.29) is 24.9 Å². The van der Waals surface area contributed by atoms with Crippen LogP contribution in [0.4, 0.5) is 0 Å². The second-order valence-electron chi connectivity index (χ2n) is 5.18. The topological polar surface area (TPSA) is 66.8 Å². The highest BCUT2D eigenvalue weighted by molar-refractivity contribution is 5.77. The third-order valence-corrected chi connectivity index (χ3v) is 3.27. The number of aryl methyl sites for hydroxylation is 1. The molecule has 1 amide bonds. The second kappa shape index (κ2) is 8.29. The zero-order valence-corrected chi connectivity index (χ0v) is 12.8. The summed E-state index contributed by atoms with van der Waals surface area (Å²) in [5.74, 6) is -0.137. The van der Waals surface area contributed by atoms with Crippen LogP contribution in [0.15, 0.2) is 24.3 Å². The van der Waals surface area contributed by atoms with Gasteiger partial charge in [-0.3, -0.25) is 9.59 Å². The van der Waals surface area contributed by atoms with E-state index >= 15 is 0 Å². The van der Waals surface area contributed by atoms with E-state index in [0.29, 0.717) is 12.8 Å². The van der Waals surface area contributed by atoms with Gasteiger partial charge in [-0.2, -0.15) is 0 Å². The molecule has 0 aliphatic heterocycles. The van der Waals surface area contributed by atoms with Crippen molar-refractivity contribution < 1.29 is 19.4 Å². The van der Waals surface area contributed by atoms with Gasteiger partial charge in [0.1, 0.15) is 5.75 Å². The van der Waals surface area contributed by atoms with Crippen molar-refractivity contribution in [1.29, 1.82) is 0 Å². The molecule has 0 saturated carbocycles. The van der Waals surface area contributed by atoms with Crippen LogP contribution >= 0.6 is 0 Å². The van der Waals surface area contributed by atoms with Crippen LogP contribution in [0.1, 0.15) is 32.3 Å². The molecule has 21 heavy (non-hydrogen) atoms. The monoisotopic (exact) mass is 293 g/mol. The summed E-state index contributed by atoms with van der Waals surface area (Å²) in [5, 5.41) is 8.74. The van der Waals surface area contributed by atoms with Crippen molar-refractivity contribution in [2.75, 3.05) is 13.7 Å². The van der Waals surface area contributed by atoms with Crippen molar-refractivity contribution in [3.63, 3.8) is 0 Å². The molecular weight excluding hydrogens is 270 g/mol. The van der Waals surface area contributed by atoms with Gasteiger partial charge in [0.2, 0.25) is 5.91 Å². The summed E-state index contributed by atoms with van der Waals surface area (Å²) in [6.45, 7) is 4.04. The van der Waals surface area contributed by atoms with E-state index in [1.54, 1.807) is 12.0 Å². The molecule has 0 bridgehead atoms. The quantitative estimate of drug-likeness (QED) is 0.799. The number of hydrogen-bond acceptors (Lipinski definition) is 3. The Morgan fingerprint density at radius 3 is 2.57 bits per heavy atom. The van der Waals surface area contributed by atoms with E-state index in [1.165, 1.54) is 0 Å². The fraction of sp³-hybridized carbons (Fsp3) is 0.500. The number of ether oxygens (including phenoxy) is 1. The van der Waals surface area contributed by atoms with Gasteiger partial charge in [0.05, 0.1) is 13.5 Å². The molecule has 0 spiro atoms. The smallest absolute Gasteiger partial charge is 0.305 e. The number of carboxylic acids is 1. The Morgan fingerprint density at radius 1 is 1.29 bits per heavy atom. The van der Waals surface area contributed by atoms with Crippen molar-refractivity contribution >= 4 is 11.9 Å². The first-order valence-corrected chi connectivity index (χ1v) is 7.08. The Morgan fingerprint density at radius 2 is 2.00 bits per heavy atom. The van der Waals surface area contributed by atoms with E-state index in [2.05, 4.69) is 0 Å². The summed E-state index contributed by atoms with van der Waals surface area (Å²) in [5.41, 5.74) is 1.03. The standard InChI is InChI=1S/C16H23NO4/c1-12(2)17(10-9-16(19)20)15(18)8-7-13-5-4-6-14(11-13)21-3/h4-6,11-12H,7-10H2,1-3H3,(H,19,20). The lowest BCUT2D eigenvalue weighted by molar-refractivity contribution is -0.139. The number of carboxylic acid groups (broad SMARTS) is 1.